The van der Waals surface area contributed by atoms with Gasteiger partial charge in [0.1, 0.15) is 5.82 Å². The average Bonchev–Trinajstić information content (AvgIpc) is 3.28. The summed E-state index contributed by atoms with van der Waals surface area (Å²) < 4.78 is 0. The largest absolute Gasteiger partial charge is 0.316 e. The number of aromatic nitrogens is 2. The predicted octanol–water partition coefficient (Wildman–Crippen LogP) is 4.37. The fourth-order valence-electron chi connectivity index (χ4n) is 2.83. The lowest BCUT2D eigenvalue weighted by atomic mass is 10.1. The van der Waals surface area contributed by atoms with Crippen LogP contribution in [0.25, 0.3) is 10.4 Å². The number of hydrogen-bond donors (Lipinski definition) is 2. The third kappa shape index (κ3) is 3.25. The Balaban J connectivity index is 1.52. The highest BCUT2D eigenvalue weighted by atomic mass is 32.1. The molecule has 116 valence electrons. The number of benzene rings is 1. The number of nitrogens with one attached hydrogen (secondary N) is 2. The Morgan fingerprint density at radius 3 is 2.83 bits per heavy atom. The van der Waals surface area contributed by atoms with Gasteiger partial charge in [0.2, 0.25) is 0 Å². The normalized spacial score (nSPS) is 17.3. The summed E-state index contributed by atoms with van der Waals surface area (Å²) in [6.45, 7) is 1.08. The van der Waals surface area contributed by atoms with Crippen LogP contribution in [-0.4, -0.2) is 16.5 Å². The number of nitrogens with zero attached hydrogens (tertiary/aromatic N) is 2. The van der Waals surface area contributed by atoms with Gasteiger partial charge in [-0.1, -0.05) is 47.7 Å². The minimum Gasteiger partial charge on any atom is -0.316 e. The fourth-order valence-corrected chi connectivity index (χ4v) is 3.66. The minimum absolute atomic E-state index is 0.382. The highest BCUT2D eigenvalue weighted by molar-refractivity contribution is 7.18. The molecule has 23 heavy (non-hydrogen) atoms. The van der Waals surface area contributed by atoms with Gasteiger partial charge in [0.25, 0.3) is 0 Å². The van der Waals surface area contributed by atoms with Crippen LogP contribution >= 0.6 is 11.3 Å². The van der Waals surface area contributed by atoms with Gasteiger partial charge in [0.05, 0.1) is 10.6 Å². The Kier molecular flexibility index (Phi) is 4.05. The van der Waals surface area contributed by atoms with Crippen molar-refractivity contribution >= 4 is 22.3 Å². The first-order chi connectivity index (χ1) is 11.4. The molecule has 3 aromatic rings. The lowest BCUT2D eigenvalue weighted by Gasteiger charge is -2.11. The molecule has 1 fully saturated rings. The van der Waals surface area contributed by atoms with Gasteiger partial charge >= 0.3 is 0 Å². The number of anilines is 2. The fraction of sp³-hybridized carbons (Fsp3) is 0.222. The van der Waals surface area contributed by atoms with E-state index in [2.05, 4.69) is 39.9 Å². The van der Waals surface area contributed by atoms with Gasteiger partial charge in [0, 0.05) is 12.2 Å². The van der Waals surface area contributed by atoms with Crippen molar-refractivity contribution < 1.29 is 0 Å². The van der Waals surface area contributed by atoms with E-state index in [1.807, 2.05) is 30.5 Å². The Bertz CT molecular complexity index is 778. The molecule has 0 unspecified atom stereocenters. The average molecular weight is 322 g/mol. The van der Waals surface area contributed by atoms with Gasteiger partial charge in [-0.05, 0) is 37.1 Å². The minimum atomic E-state index is 0.382. The maximum absolute atomic E-state index is 4.73. The van der Waals surface area contributed by atoms with Crippen molar-refractivity contribution in [3.8, 4) is 10.4 Å². The second-order valence-corrected chi connectivity index (χ2v) is 6.65. The molecule has 0 radical (unpaired) electrons. The third-order valence-corrected chi connectivity index (χ3v) is 4.95. The van der Waals surface area contributed by atoms with Crippen LogP contribution in [0.15, 0.2) is 54.7 Å². The summed E-state index contributed by atoms with van der Waals surface area (Å²) in [6.07, 6.45) is 4.29. The zero-order valence-corrected chi connectivity index (χ0v) is 13.5. The molecule has 3 heterocycles. The van der Waals surface area contributed by atoms with Crippen LogP contribution in [0.1, 0.15) is 24.6 Å². The Morgan fingerprint density at radius 1 is 1.09 bits per heavy atom. The van der Waals surface area contributed by atoms with Crippen molar-refractivity contribution in [3.05, 3.63) is 60.4 Å². The molecule has 1 saturated heterocycles. The Morgan fingerprint density at radius 2 is 2.00 bits per heavy atom. The summed E-state index contributed by atoms with van der Waals surface area (Å²) in [4.78, 5) is 10.3. The first-order valence-corrected chi connectivity index (χ1v) is 8.69. The molecule has 4 rings (SSSR count). The molecule has 1 aliphatic rings. The molecule has 2 N–H and O–H groups in total. The highest BCUT2D eigenvalue weighted by Gasteiger charge is 2.17. The van der Waals surface area contributed by atoms with Gasteiger partial charge < -0.3 is 10.6 Å². The first-order valence-electron chi connectivity index (χ1n) is 7.87. The summed E-state index contributed by atoms with van der Waals surface area (Å²) in [6, 6.07) is 16.8. The topological polar surface area (TPSA) is 49.8 Å². The summed E-state index contributed by atoms with van der Waals surface area (Å²) in [5.41, 5.74) is 2.29. The second kappa shape index (κ2) is 6.48. The van der Waals surface area contributed by atoms with Crippen LogP contribution in [0.3, 0.4) is 0 Å². The molecule has 2 aromatic heterocycles. The summed E-state index contributed by atoms with van der Waals surface area (Å²) in [5, 5.41) is 7.68. The molecule has 0 saturated carbocycles. The molecule has 0 aliphatic carbocycles. The van der Waals surface area contributed by atoms with E-state index >= 15 is 0 Å². The number of pyridine rings is 1. The van der Waals surface area contributed by atoms with E-state index in [0.717, 1.165) is 34.5 Å². The summed E-state index contributed by atoms with van der Waals surface area (Å²) in [5.74, 6) is 0.852. The van der Waals surface area contributed by atoms with Gasteiger partial charge in [-0.3, -0.25) is 0 Å². The monoisotopic (exact) mass is 322 g/mol. The van der Waals surface area contributed by atoms with Crippen LogP contribution in [0.5, 0.6) is 0 Å². The van der Waals surface area contributed by atoms with Gasteiger partial charge in [-0.2, -0.15) is 0 Å². The molecule has 0 bridgehead atoms. The van der Waals surface area contributed by atoms with E-state index in [1.165, 1.54) is 12.0 Å². The van der Waals surface area contributed by atoms with Crippen molar-refractivity contribution in [2.75, 3.05) is 11.9 Å². The van der Waals surface area contributed by atoms with Crippen LogP contribution in [0.2, 0.25) is 0 Å². The van der Waals surface area contributed by atoms with Crippen molar-refractivity contribution in [1.82, 2.24) is 15.3 Å². The van der Waals surface area contributed by atoms with E-state index in [9.17, 15) is 0 Å². The van der Waals surface area contributed by atoms with Crippen LogP contribution < -0.4 is 10.6 Å². The molecule has 5 heteroatoms. The van der Waals surface area contributed by atoms with E-state index < -0.39 is 0 Å². The lowest BCUT2D eigenvalue weighted by Crippen LogP contribution is -2.14. The molecule has 0 spiro atoms. The maximum Gasteiger partial charge on any atom is 0.188 e. The van der Waals surface area contributed by atoms with Crippen molar-refractivity contribution in [1.29, 1.82) is 0 Å². The third-order valence-electron chi connectivity index (χ3n) is 3.99. The van der Waals surface area contributed by atoms with E-state index in [4.69, 9.17) is 4.98 Å². The van der Waals surface area contributed by atoms with Gasteiger partial charge in [0.15, 0.2) is 5.13 Å². The van der Waals surface area contributed by atoms with E-state index in [1.54, 1.807) is 11.3 Å². The number of rotatable bonds is 4. The van der Waals surface area contributed by atoms with Gasteiger partial charge in [-0.25, -0.2) is 9.97 Å². The lowest BCUT2D eigenvalue weighted by molar-refractivity contribution is 0.629. The quantitative estimate of drug-likeness (QED) is 0.749. The van der Waals surface area contributed by atoms with Crippen molar-refractivity contribution in [3.63, 3.8) is 0 Å². The number of hydrogen-bond acceptors (Lipinski definition) is 5. The SMILES string of the molecule is c1ccc(-c2cnc(Nc3cccc([C@@H]4CCCN4)n3)s2)cc1. The van der Waals surface area contributed by atoms with E-state index in [-0.39, 0.29) is 0 Å². The molecule has 0 amide bonds. The molecular weight excluding hydrogens is 304 g/mol. The van der Waals surface area contributed by atoms with Crippen molar-refractivity contribution in [2.45, 2.75) is 18.9 Å². The highest BCUT2D eigenvalue weighted by Crippen LogP contribution is 2.30. The van der Waals surface area contributed by atoms with Gasteiger partial charge in [-0.15, -0.1) is 0 Å². The molecule has 1 aromatic carbocycles. The molecule has 1 aliphatic heterocycles. The van der Waals surface area contributed by atoms with Crippen LogP contribution in [-0.2, 0) is 0 Å². The second-order valence-electron chi connectivity index (χ2n) is 5.62. The number of thiazole rings is 1. The molecular formula is C18H18N4S. The van der Waals surface area contributed by atoms with E-state index in [0.29, 0.717) is 6.04 Å². The van der Waals surface area contributed by atoms with Crippen LogP contribution in [0.4, 0.5) is 10.9 Å². The zero-order valence-electron chi connectivity index (χ0n) is 12.7. The Hall–Kier alpha value is -2.24. The Labute approximate surface area is 139 Å². The molecule has 1 atom stereocenters. The predicted molar refractivity (Wildman–Crippen MR) is 95.0 cm³/mol. The first kappa shape index (κ1) is 14.4. The zero-order chi connectivity index (χ0) is 15.5. The standard InChI is InChI=1S/C18H18N4S/c1-2-6-13(7-3-1)16-12-20-18(23-16)22-17-10-4-8-15(21-17)14-9-5-11-19-14/h1-4,6-8,10,12,14,19H,5,9,11H2,(H,20,21,22)/t14-/m0/s1. The summed E-state index contributed by atoms with van der Waals surface area (Å²) in [7, 11) is 0. The van der Waals surface area contributed by atoms with Crippen LogP contribution in [0, 0.1) is 0 Å². The summed E-state index contributed by atoms with van der Waals surface area (Å²) >= 11 is 1.64. The molecule has 4 nitrogen and oxygen atoms in total. The maximum atomic E-state index is 4.73. The van der Waals surface area contributed by atoms with Crippen molar-refractivity contribution in [2.24, 2.45) is 0 Å². The smallest absolute Gasteiger partial charge is 0.188 e.